The molecule has 0 bridgehead atoms. The van der Waals surface area contributed by atoms with Gasteiger partial charge in [0.05, 0.1) is 13.5 Å². The van der Waals surface area contributed by atoms with Crippen LogP contribution in [0, 0.1) is 0 Å². The number of rotatable bonds is 4. The van der Waals surface area contributed by atoms with Crippen LogP contribution < -0.4 is 5.32 Å². The minimum absolute atomic E-state index is 0.102. The Morgan fingerprint density at radius 2 is 2.11 bits per heavy atom. The summed E-state index contributed by atoms with van der Waals surface area (Å²) in [4.78, 5) is 25.1. The van der Waals surface area contributed by atoms with Crippen molar-refractivity contribution < 1.29 is 14.3 Å². The Morgan fingerprint density at radius 3 is 2.68 bits per heavy atom. The topological polar surface area (TPSA) is 55.4 Å². The molecule has 1 aliphatic rings. The minimum Gasteiger partial charge on any atom is -0.467 e. The van der Waals surface area contributed by atoms with E-state index in [-0.39, 0.29) is 11.9 Å². The second kappa shape index (κ2) is 6.19. The number of carbonyl (C=O) groups is 2. The van der Waals surface area contributed by atoms with Crippen molar-refractivity contribution in [2.24, 2.45) is 0 Å². The van der Waals surface area contributed by atoms with Crippen molar-refractivity contribution in [3.05, 3.63) is 22.4 Å². The zero-order valence-electron chi connectivity index (χ0n) is 11.1. The van der Waals surface area contributed by atoms with Crippen LogP contribution in [0.1, 0.15) is 37.0 Å². The summed E-state index contributed by atoms with van der Waals surface area (Å²) >= 11 is 1.55. The van der Waals surface area contributed by atoms with Crippen LogP contribution in [0.4, 0.5) is 0 Å². The normalized spacial score (nSPS) is 17.7. The van der Waals surface area contributed by atoms with E-state index in [0.717, 1.165) is 24.1 Å². The van der Waals surface area contributed by atoms with Crippen LogP contribution in [0.2, 0.25) is 0 Å². The quantitative estimate of drug-likeness (QED) is 0.861. The molecule has 0 spiro atoms. The molecule has 2 rings (SSSR count). The summed E-state index contributed by atoms with van der Waals surface area (Å²) < 4.78 is 4.88. The highest BCUT2D eigenvalue weighted by molar-refractivity contribution is 7.10. The van der Waals surface area contributed by atoms with Gasteiger partial charge in [-0.1, -0.05) is 25.3 Å². The second-order valence-corrected chi connectivity index (χ2v) is 5.97. The lowest BCUT2D eigenvalue weighted by atomic mass is 9.81. The monoisotopic (exact) mass is 281 g/mol. The second-order valence-electron chi connectivity index (χ2n) is 4.94. The molecule has 1 fully saturated rings. The lowest BCUT2D eigenvalue weighted by molar-refractivity contribution is -0.152. The molecule has 0 unspecified atom stereocenters. The molecule has 4 nitrogen and oxygen atoms in total. The molecule has 19 heavy (non-hydrogen) atoms. The molecular weight excluding hydrogens is 262 g/mol. The van der Waals surface area contributed by atoms with Gasteiger partial charge in [-0.25, -0.2) is 4.79 Å². The van der Waals surface area contributed by atoms with E-state index < -0.39 is 5.54 Å². The van der Waals surface area contributed by atoms with E-state index in [0.29, 0.717) is 19.3 Å². The molecule has 0 aliphatic heterocycles. The van der Waals surface area contributed by atoms with E-state index in [1.54, 1.807) is 11.3 Å². The summed E-state index contributed by atoms with van der Waals surface area (Å²) in [5.74, 6) is -0.415. The maximum Gasteiger partial charge on any atom is 0.331 e. The van der Waals surface area contributed by atoms with Crippen molar-refractivity contribution in [2.45, 2.75) is 44.1 Å². The zero-order chi connectivity index (χ0) is 13.7. The molecule has 1 aromatic heterocycles. The Balaban J connectivity index is 2.03. The summed E-state index contributed by atoms with van der Waals surface area (Å²) in [5, 5.41) is 4.86. The predicted molar refractivity (Wildman–Crippen MR) is 74.0 cm³/mol. The Labute approximate surface area is 117 Å². The lowest BCUT2D eigenvalue weighted by Gasteiger charge is -2.35. The average Bonchev–Trinajstić information content (AvgIpc) is 2.91. The SMILES string of the molecule is COC(=O)C1(NC(=O)Cc2cccs2)CCCCC1. The highest BCUT2D eigenvalue weighted by Gasteiger charge is 2.41. The van der Waals surface area contributed by atoms with Crippen LogP contribution in [0.15, 0.2) is 17.5 Å². The number of carbonyl (C=O) groups excluding carboxylic acids is 2. The van der Waals surface area contributed by atoms with Crippen molar-refractivity contribution in [1.82, 2.24) is 5.32 Å². The Morgan fingerprint density at radius 1 is 1.37 bits per heavy atom. The number of methoxy groups -OCH3 is 1. The Hall–Kier alpha value is -1.36. The maximum absolute atomic E-state index is 12.1. The van der Waals surface area contributed by atoms with Crippen LogP contribution in [0.3, 0.4) is 0 Å². The molecule has 0 radical (unpaired) electrons. The van der Waals surface area contributed by atoms with Gasteiger partial charge < -0.3 is 10.1 Å². The predicted octanol–water partition coefficient (Wildman–Crippen LogP) is 2.28. The number of hydrogen-bond donors (Lipinski definition) is 1. The highest BCUT2D eigenvalue weighted by Crippen LogP contribution is 2.29. The molecule has 1 aromatic rings. The summed E-state index contributed by atoms with van der Waals surface area (Å²) in [6.07, 6.45) is 4.70. The number of thiophene rings is 1. The van der Waals surface area contributed by atoms with Crippen LogP contribution in [0.5, 0.6) is 0 Å². The van der Waals surface area contributed by atoms with Gasteiger partial charge in [0.25, 0.3) is 0 Å². The van der Waals surface area contributed by atoms with Gasteiger partial charge in [-0.3, -0.25) is 4.79 Å². The number of hydrogen-bond acceptors (Lipinski definition) is 4. The fourth-order valence-corrected chi connectivity index (χ4v) is 3.32. The van der Waals surface area contributed by atoms with Gasteiger partial charge in [0, 0.05) is 4.88 Å². The van der Waals surface area contributed by atoms with Crippen LogP contribution in [0.25, 0.3) is 0 Å². The number of amides is 1. The smallest absolute Gasteiger partial charge is 0.331 e. The summed E-state index contributed by atoms with van der Waals surface area (Å²) in [6.45, 7) is 0. The first-order chi connectivity index (χ1) is 9.16. The lowest BCUT2D eigenvalue weighted by Crippen LogP contribution is -2.56. The van der Waals surface area contributed by atoms with Crippen molar-refractivity contribution in [2.75, 3.05) is 7.11 Å². The average molecular weight is 281 g/mol. The molecule has 1 heterocycles. The van der Waals surface area contributed by atoms with E-state index in [1.807, 2.05) is 17.5 Å². The van der Waals surface area contributed by atoms with Crippen molar-refractivity contribution in [3.8, 4) is 0 Å². The Kier molecular flexibility index (Phi) is 4.58. The fourth-order valence-electron chi connectivity index (χ4n) is 2.61. The number of esters is 1. The number of nitrogens with one attached hydrogen (secondary N) is 1. The van der Waals surface area contributed by atoms with E-state index in [4.69, 9.17) is 4.74 Å². The van der Waals surface area contributed by atoms with Crippen LogP contribution in [-0.4, -0.2) is 24.5 Å². The van der Waals surface area contributed by atoms with Gasteiger partial charge >= 0.3 is 5.97 Å². The molecule has 1 aliphatic carbocycles. The molecule has 0 aromatic carbocycles. The molecule has 0 atom stereocenters. The van der Waals surface area contributed by atoms with Crippen molar-refractivity contribution >= 4 is 23.2 Å². The maximum atomic E-state index is 12.1. The van der Waals surface area contributed by atoms with Gasteiger partial charge in [-0.05, 0) is 24.3 Å². The van der Waals surface area contributed by atoms with E-state index in [2.05, 4.69) is 5.32 Å². The van der Waals surface area contributed by atoms with Gasteiger partial charge in [-0.2, -0.15) is 0 Å². The van der Waals surface area contributed by atoms with Crippen molar-refractivity contribution in [1.29, 1.82) is 0 Å². The molecule has 1 amide bonds. The number of ether oxygens (including phenoxy) is 1. The standard InChI is InChI=1S/C14H19NO3S/c1-18-13(17)14(7-3-2-4-8-14)15-12(16)10-11-6-5-9-19-11/h5-6,9H,2-4,7-8,10H2,1H3,(H,15,16). The molecule has 104 valence electrons. The van der Waals surface area contributed by atoms with Gasteiger partial charge in [0.15, 0.2) is 0 Å². The fraction of sp³-hybridized carbons (Fsp3) is 0.571. The minimum atomic E-state index is -0.804. The molecular formula is C14H19NO3S. The van der Waals surface area contributed by atoms with E-state index >= 15 is 0 Å². The third-order valence-corrected chi connectivity index (χ3v) is 4.45. The first-order valence-electron chi connectivity index (χ1n) is 6.58. The van der Waals surface area contributed by atoms with Crippen LogP contribution >= 0.6 is 11.3 Å². The van der Waals surface area contributed by atoms with Crippen molar-refractivity contribution in [3.63, 3.8) is 0 Å². The van der Waals surface area contributed by atoms with Gasteiger partial charge in [0.1, 0.15) is 5.54 Å². The Bertz CT molecular complexity index is 436. The molecule has 1 saturated carbocycles. The van der Waals surface area contributed by atoms with Gasteiger partial charge in [-0.15, -0.1) is 11.3 Å². The zero-order valence-corrected chi connectivity index (χ0v) is 11.9. The summed E-state index contributed by atoms with van der Waals surface area (Å²) in [5.41, 5.74) is -0.804. The largest absolute Gasteiger partial charge is 0.467 e. The van der Waals surface area contributed by atoms with E-state index in [1.165, 1.54) is 7.11 Å². The third kappa shape index (κ3) is 3.35. The van der Waals surface area contributed by atoms with Gasteiger partial charge in [0.2, 0.25) is 5.91 Å². The summed E-state index contributed by atoms with van der Waals surface area (Å²) in [6, 6.07) is 3.85. The molecule has 0 saturated heterocycles. The third-order valence-electron chi connectivity index (χ3n) is 3.58. The molecule has 5 heteroatoms. The highest BCUT2D eigenvalue weighted by atomic mass is 32.1. The first-order valence-corrected chi connectivity index (χ1v) is 7.46. The summed E-state index contributed by atoms with van der Waals surface area (Å²) in [7, 11) is 1.38. The molecule has 1 N–H and O–H groups in total. The first kappa shape index (κ1) is 14.1. The van der Waals surface area contributed by atoms with E-state index in [9.17, 15) is 9.59 Å². The van der Waals surface area contributed by atoms with Crippen LogP contribution in [-0.2, 0) is 20.7 Å².